The number of carbonyl (C=O) groups excluding carboxylic acids is 2. The number of hydrogen-bond acceptors (Lipinski definition) is 6. The molecule has 1 fully saturated rings. The molecule has 1 aliphatic rings. The van der Waals surface area contributed by atoms with Gasteiger partial charge in [0.15, 0.2) is 0 Å². The highest BCUT2D eigenvalue weighted by molar-refractivity contribution is 7.89. The lowest BCUT2D eigenvalue weighted by Gasteiger charge is -2.26. The molecule has 0 saturated carbocycles. The monoisotopic (exact) mass is 463 g/mol. The van der Waals surface area contributed by atoms with Crippen LogP contribution < -0.4 is 10.6 Å². The van der Waals surface area contributed by atoms with Crippen molar-refractivity contribution in [3.05, 3.63) is 54.0 Å². The molecule has 0 aliphatic carbocycles. The lowest BCUT2D eigenvalue weighted by molar-refractivity contribution is -0.123. The third-order valence-electron chi connectivity index (χ3n) is 5.19. The van der Waals surface area contributed by atoms with Crippen molar-refractivity contribution in [3.63, 3.8) is 0 Å². The van der Waals surface area contributed by atoms with Gasteiger partial charge >= 0.3 is 0 Å². The zero-order chi connectivity index (χ0) is 23.1. The summed E-state index contributed by atoms with van der Waals surface area (Å²) in [6.45, 7) is 5.25. The van der Waals surface area contributed by atoms with Crippen LogP contribution in [0.4, 0.5) is 0 Å². The van der Waals surface area contributed by atoms with E-state index in [0.717, 1.165) is 5.76 Å². The van der Waals surface area contributed by atoms with Crippen LogP contribution >= 0.6 is 0 Å². The van der Waals surface area contributed by atoms with E-state index in [1.54, 1.807) is 12.3 Å². The summed E-state index contributed by atoms with van der Waals surface area (Å²) in [4.78, 5) is 25.5. The van der Waals surface area contributed by atoms with Crippen LogP contribution in [0.2, 0.25) is 0 Å². The zero-order valence-electron chi connectivity index (χ0n) is 18.2. The number of carbonyl (C=O) groups is 2. The standard InChI is InChI=1S/C22H29N3O6S/c1-16(2)20(22(27)23-9-8-18-6-4-12-31-18)24-21(26)17-5-3-7-19(15-17)32(28,29)25-10-13-30-14-11-25/h3-7,12,15-16,20H,8-11,13-14H2,1-2H3,(H,23,27)(H,24,26)/t20-/m0/s1. The molecule has 0 bridgehead atoms. The van der Waals surface area contributed by atoms with Gasteiger partial charge in [-0.05, 0) is 36.2 Å². The van der Waals surface area contributed by atoms with E-state index in [2.05, 4.69) is 10.6 Å². The number of nitrogens with zero attached hydrogens (tertiary/aromatic N) is 1. The largest absolute Gasteiger partial charge is 0.469 e. The van der Waals surface area contributed by atoms with Gasteiger partial charge in [-0.15, -0.1) is 0 Å². The van der Waals surface area contributed by atoms with Crippen molar-refractivity contribution in [3.8, 4) is 0 Å². The number of nitrogens with one attached hydrogen (secondary N) is 2. The molecule has 1 atom stereocenters. The predicted molar refractivity (Wildman–Crippen MR) is 118 cm³/mol. The first-order valence-electron chi connectivity index (χ1n) is 10.6. The van der Waals surface area contributed by atoms with Gasteiger partial charge in [-0.25, -0.2) is 8.42 Å². The molecule has 0 radical (unpaired) electrons. The minimum Gasteiger partial charge on any atom is -0.469 e. The Morgan fingerprint density at radius 3 is 2.53 bits per heavy atom. The highest BCUT2D eigenvalue weighted by Crippen LogP contribution is 2.18. The molecule has 9 nitrogen and oxygen atoms in total. The van der Waals surface area contributed by atoms with Crippen LogP contribution in [0.5, 0.6) is 0 Å². The molecular formula is C22H29N3O6S. The highest BCUT2D eigenvalue weighted by Gasteiger charge is 2.28. The molecule has 10 heteroatoms. The minimum absolute atomic E-state index is 0.0380. The summed E-state index contributed by atoms with van der Waals surface area (Å²) in [7, 11) is -3.73. The van der Waals surface area contributed by atoms with E-state index in [0.29, 0.717) is 26.2 Å². The van der Waals surface area contributed by atoms with E-state index in [-0.39, 0.29) is 35.4 Å². The summed E-state index contributed by atoms with van der Waals surface area (Å²) < 4.78 is 37.6. The van der Waals surface area contributed by atoms with Gasteiger partial charge in [0.1, 0.15) is 11.8 Å². The Hall–Kier alpha value is -2.69. The van der Waals surface area contributed by atoms with Gasteiger partial charge in [0.05, 0.1) is 24.4 Å². The number of ether oxygens (including phenoxy) is 1. The van der Waals surface area contributed by atoms with Gasteiger partial charge in [-0.3, -0.25) is 9.59 Å². The van der Waals surface area contributed by atoms with Crippen molar-refractivity contribution in [2.75, 3.05) is 32.8 Å². The first-order valence-corrected chi connectivity index (χ1v) is 12.0. The maximum atomic E-state index is 12.9. The molecule has 2 heterocycles. The zero-order valence-corrected chi connectivity index (χ0v) is 19.1. The van der Waals surface area contributed by atoms with Crippen molar-refractivity contribution in [1.29, 1.82) is 0 Å². The predicted octanol–water partition coefficient (Wildman–Crippen LogP) is 1.41. The van der Waals surface area contributed by atoms with Crippen LogP contribution in [-0.4, -0.2) is 63.4 Å². The van der Waals surface area contributed by atoms with Crippen LogP contribution in [0.3, 0.4) is 0 Å². The number of rotatable bonds is 9. The maximum absolute atomic E-state index is 12.9. The second-order valence-corrected chi connectivity index (χ2v) is 9.80. The molecule has 174 valence electrons. The van der Waals surface area contributed by atoms with Crippen molar-refractivity contribution in [2.24, 2.45) is 5.92 Å². The van der Waals surface area contributed by atoms with Gasteiger partial charge in [0, 0.05) is 31.6 Å². The summed E-state index contributed by atoms with van der Waals surface area (Å²) in [6.07, 6.45) is 2.11. The van der Waals surface area contributed by atoms with E-state index in [1.165, 1.54) is 28.6 Å². The van der Waals surface area contributed by atoms with Crippen molar-refractivity contribution in [1.82, 2.24) is 14.9 Å². The number of sulfonamides is 1. The molecule has 2 aromatic rings. The van der Waals surface area contributed by atoms with Crippen LogP contribution in [0.15, 0.2) is 52.0 Å². The first-order chi connectivity index (χ1) is 15.3. The fraction of sp³-hybridized carbons (Fsp3) is 0.455. The number of amides is 2. The summed E-state index contributed by atoms with van der Waals surface area (Å²) >= 11 is 0. The summed E-state index contributed by atoms with van der Waals surface area (Å²) in [5, 5.41) is 5.54. The first kappa shape index (κ1) is 24.0. The summed E-state index contributed by atoms with van der Waals surface area (Å²) in [5.41, 5.74) is 0.174. The fourth-order valence-electron chi connectivity index (χ4n) is 3.37. The molecule has 1 aromatic heterocycles. The van der Waals surface area contributed by atoms with Gasteiger partial charge in [0.25, 0.3) is 5.91 Å². The second kappa shape index (κ2) is 10.8. The van der Waals surface area contributed by atoms with Crippen molar-refractivity contribution < 1.29 is 27.2 Å². The number of furan rings is 1. The van der Waals surface area contributed by atoms with Crippen LogP contribution in [0.1, 0.15) is 30.0 Å². The Morgan fingerprint density at radius 1 is 1.12 bits per heavy atom. The van der Waals surface area contributed by atoms with Crippen molar-refractivity contribution >= 4 is 21.8 Å². The second-order valence-electron chi connectivity index (χ2n) is 7.86. The topological polar surface area (TPSA) is 118 Å². The highest BCUT2D eigenvalue weighted by atomic mass is 32.2. The van der Waals surface area contributed by atoms with Crippen LogP contribution in [0.25, 0.3) is 0 Å². The Labute approximate surface area is 188 Å². The summed E-state index contributed by atoms with van der Waals surface area (Å²) in [6, 6.07) is 8.69. The van der Waals surface area contributed by atoms with E-state index in [9.17, 15) is 18.0 Å². The average molecular weight is 464 g/mol. The normalized spacial score (nSPS) is 16.0. The Morgan fingerprint density at radius 2 is 1.88 bits per heavy atom. The molecule has 0 unspecified atom stereocenters. The SMILES string of the molecule is CC(C)[C@H](NC(=O)c1cccc(S(=O)(=O)N2CCOCC2)c1)C(=O)NCCc1ccco1. The molecule has 2 amide bonds. The third kappa shape index (κ3) is 5.96. The molecule has 1 aliphatic heterocycles. The number of morpholine rings is 1. The van der Waals surface area contributed by atoms with Gasteiger partial charge in [-0.1, -0.05) is 19.9 Å². The minimum atomic E-state index is -3.73. The summed E-state index contributed by atoms with van der Waals surface area (Å²) in [5.74, 6) is -0.225. The van der Waals surface area contributed by atoms with Gasteiger partial charge in [0.2, 0.25) is 15.9 Å². The molecule has 3 rings (SSSR count). The molecule has 2 N–H and O–H groups in total. The number of benzene rings is 1. The smallest absolute Gasteiger partial charge is 0.251 e. The Kier molecular flexibility index (Phi) is 8.05. The van der Waals surface area contributed by atoms with Crippen LogP contribution in [0, 0.1) is 5.92 Å². The van der Waals surface area contributed by atoms with Gasteiger partial charge in [-0.2, -0.15) is 4.31 Å². The van der Waals surface area contributed by atoms with Gasteiger partial charge < -0.3 is 19.8 Å². The van der Waals surface area contributed by atoms with E-state index < -0.39 is 22.0 Å². The molecule has 32 heavy (non-hydrogen) atoms. The van der Waals surface area contributed by atoms with Crippen molar-refractivity contribution in [2.45, 2.75) is 31.2 Å². The average Bonchev–Trinajstić information content (AvgIpc) is 3.31. The van der Waals surface area contributed by atoms with E-state index in [1.807, 2.05) is 19.9 Å². The lowest BCUT2D eigenvalue weighted by Crippen LogP contribution is -2.50. The molecule has 0 spiro atoms. The van der Waals surface area contributed by atoms with Crippen LogP contribution in [-0.2, 0) is 26.0 Å². The molecular weight excluding hydrogens is 434 g/mol. The fourth-order valence-corrected chi connectivity index (χ4v) is 4.82. The lowest BCUT2D eigenvalue weighted by atomic mass is 10.0. The third-order valence-corrected chi connectivity index (χ3v) is 7.09. The molecule has 1 saturated heterocycles. The van der Waals surface area contributed by atoms with E-state index >= 15 is 0 Å². The number of hydrogen-bond donors (Lipinski definition) is 2. The Balaban J connectivity index is 1.66. The molecule has 1 aromatic carbocycles. The quantitative estimate of drug-likeness (QED) is 0.581. The van der Waals surface area contributed by atoms with E-state index in [4.69, 9.17) is 9.15 Å². The maximum Gasteiger partial charge on any atom is 0.251 e. The Bertz CT molecular complexity index is 1010.